The number of aromatic nitrogens is 2. The number of hydrogen-bond acceptors (Lipinski definition) is 2. The van der Waals surface area contributed by atoms with E-state index in [-0.39, 0.29) is 11.9 Å². The molecule has 4 nitrogen and oxygen atoms in total. The summed E-state index contributed by atoms with van der Waals surface area (Å²) in [6, 6.07) is 10.8. The van der Waals surface area contributed by atoms with Crippen LogP contribution < -0.4 is 0 Å². The van der Waals surface area contributed by atoms with Crippen molar-refractivity contribution < 1.29 is 4.79 Å². The Balaban J connectivity index is 1.84. The highest BCUT2D eigenvalue weighted by Crippen LogP contribution is 2.31. The monoisotopic (exact) mass is 351 g/mol. The Morgan fingerprint density at radius 3 is 2.42 bits per heavy atom. The third-order valence-corrected chi connectivity index (χ3v) is 5.34. The topological polar surface area (TPSA) is 38.1 Å². The lowest BCUT2D eigenvalue weighted by Gasteiger charge is -2.31. The summed E-state index contributed by atoms with van der Waals surface area (Å²) >= 11 is 0. The summed E-state index contributed by atoms with van der Waals surface area (Å²) < 4.78 is 1.94. The van der Waals surface area contributed by atoms with E-state index in [1.54, 1.807) is 6.08 Å². The van der Waals surface area contributed by atoms with Gasteiger partial charge in [-0.1, -0.05) is 32.0 Å². The molecule has 1 fully saturated rings. The van der Waals surface area contributed by atoms with Gasteiger partial charge in [0.2, 0.25) is 5.91 Å². The van der Waals surface area contributed by atoms with Crippen LogP contribution in [0, 0.1) is 19.8 Å². The van der Waals surface area contributed by atoms with E-state index in [0.29, 0.717) is 12.0 Å². The number of aryl methyl sites for hydroxylation is 1. The first-order valence-electron chi connectivity index (χ1n) is 9.52. The SMILES string of the molecule is Cc1nn(-c2ccccc2)c(C)c1/C=C/C(=O)N(C1CC1)C(C)C(C)C. The van der Waals surface area contributed by atoms with Crippen LogP contribution in [-0.4, -0.2) is 32.7 Å². The van der Waals surface area contributed by atoms with Gasteiger partial charge in [0.1, 0.15) is 0 Å². The summed E-state index contributed by atoms with van der Waals surface area (Å²) in [5, 5.41) is 4.65. The van der Waals surface area contributed by atoms with Gasteiger partial charge in [-0.05, 0) is 57.7 Å². The largest absolute Gasteiger partial charge is 0.333 e. The summed E-state index contributed by atoms with van der Waals surface area (Å²) in [7, 11) is 0. The predicted octanol–water partition coefficient (Wildman–Crippen LogP) is 4.54. The third-order valence-electron chi connectivity index (χ3n) is 5.34. The van der Waals surface area contributed by atoms with Crippen LogP contribution in [0.1, 0.15) is 50.6 Å². The smallest absolute Gasteiger partial charge is 0.247 e. The van der Waals surface area contributed by atoms with Crippen molar-refractivity contribution in [3.63, 3.8) is 0 Å². The maximum absolute atomic E-state index is 12.9. The normalized spacial score (nSPS) is 15.6. The highest BCUT2D eigenvalue weighted by Gasteiger charge is 2.35. The number of nitrogens with zero attached hydrogens (tertiary/aromatic N) is 3. The van der Waals surface area contributed by atoms with Crippen LogP contribution in [0.15, 0.2) is 36.4 Å². The van der Waals surface area contributed by atoms with Crippen molar-refractivity contribution in [3.05, 3.63) is 53.4 Å². The van der Waals surface area contributed by atoms with Gasteiger partial charge < -0.3 is 4.90 Å². The molecule has 1 aliphatic carbocycles. The van der Waals surface area contributed by atoms with Crippen molar-refractivity contribution in [1.29, 1.82) is 0 Å². The Morgan fingerprint density at radius 2 is 1.85 bits per heavy atom. The molecular weight excluding hydrogens is 322 g/mol. The van der Waals surface area contributed by atoms with Crippen LogP contribution in [0.2, 0.25) is 0 Å². The van der Waals surface area contributed by atoms with E-state index < -0.39 is 0 Å². The maximum Gasteiger partial charge on any atom is 0.247 e. The molecule has 1 aromatic heterocycles. The predicted molar refractivity (Wildman–Crippen MR) is 106 cm³/mol. The van der Waals surface area contributed by atoms with E-state index in [2.05, 4.69) is 30.8 Å². The molecule has 4 heteroatoms. The minimum Gasteiger partial charge on any atom is -0.333 e. The molecule has 1 aromatic carbocycles. The number of benzene rings is 1. The number of carbonyl (C=O) groups excluding carboxylic acids is 1. The first-order chi connectivity index (χ1) is 12.4. The summed E-state index contributed by atoms with van der Waals surface area (Å²) in [6.07, 6.45) is 5.91. The van der Waals surface area contributed by atoms with Crippen molar-refractivity contribution in [1.82, 2.24) is 14.7 Å². The lowest BCUT2D eigenvalue weighted by molar-refractivity contribution is -0.129. The van der Waals surface area contributed by atoms with E-state index in [4.69, 9.17) is 0 Å². The molecule has 0 spiro atoms. The highest BCUT2D eigenvalue weighted by molar-refractivity contribution is 5.92. The fourth-order valence-corrected chi connectivity index (χ4v) is 3.34. The Kier molecular flexibility index (Phi) is 5.30. The second-order valence-corrected chi connectivity index (χ2v) is 7.63. The van der Waals surface area contributed by atoms with Gasteiger partial charge in [-0.2, -0.15) is 5.10 Å². The average Bonchev–Trinajstić information content (AvgIpc) is 3.40. The van der Waals surface area contributed by atoms with E-state index >= 15 is 0 Å². The van der Waals surface area contributed by atoms with Crippen LogP contribution in [0.5, 0.6) is 0 Å². The number of para-hydroxylation sites is 1. The van der Waals surface area contributed by atoms with Crippen molar-refractivity contribution in [2.45, 2.75) is 59.5 Å². The lowest BCUT2D eigenvalue weighted by atomic mass is 10.0. The Bertz CT molecular complexity index is 800. The van der Waals surface area contributed by atoms with Crippen LogP contribution >= 0.6 is 0 Å². The molecule has 0 aliphatic heterocycles. The van der Waals surface area contributed by atoms with E-state index in [9.17, 15) is 4.79 Å². The van der Waals surface area contributed by atoms with Crippen molar-refractivity contribution in [2.75, 3.05) is 0 Å². The van der Waals surface area contributed by atoms with Gasteiger partial charge in [-0.25, -0.2) is 4.68 Å². The van der Waals surface area contributed by atoms with Crippen LogP contribution in [0.4, 0.5) is 0 Å². The van der Waals surface area contributed by atoms with Gasteiger partial charge in [-0.15, -0.1) is 0 Å². The van der Waals surface area contributed by atoms with Crippen molar-refractivity contribution >= 4 is 12.0 Å². The number of amides is 1. The molecule has 3 rings (SSSR count). The lowest BCUT2D eigenvalue weighted by Crippen LogP contribution is -2.42. The van der Waals surface area contributed by atoms with E-state index in [1.807, 2.05) is 54.9 Å². The molecule has 1 amide bonds. The fourth-order valence-electron chi connectivity index (χ4n) is 3.34. The molecular formula is C22H29N3O. The summed E-state index contributed by atoms with van der Waals surface area (Å²) in [4.78, 5) is 14.9. The van der Waals surface area contributed by atoms with Gasteiger partial charge in [0.05, 0.1) is 11.4 Å². The second kappa shape index (κ2) is 7.48. The zero-order chi connectivity index (χ0) is 18.8. The Labute approximate surface area is 156 Å². The molecule has 0 saturated heterocycles. The molecule has 1 atom stereocenters. The second-order valence-electron chi connectivity index (χ2n) is 7.63. The molecule has 0 radical (unpaired) electrons. The number of carbonyl (C=O) groups is 1. The zero-order valence-electron chi connectivity index (χ0n) is 16.4. The maximum atomic E-state index is 12.9. The molecule has 1 saturated carbocycles. The quantitative estimate of drug-likeness (QED) is 0.717. The standard InChI is InChI=1S/C22H29N3O/c1-15(2)17(4)24(19-11-12-19)22(26)14-13-21-16(3)23-25(18(21)5)20-9-7-6-8-10-20/h6-10,13-15,17,19H,11-12H2,1-5H3/b14-13+. The Hall–Kier alpha value is -2.36. The molecule has 0 bridgehead atoms. The molecule has 138 valence electrons. The molecule has 1 heterocycles. The van der Waals surface area contributed by atoms with Crippen LogP contribution in [0.25, 0.3) is 11.8 Å². The fraction of sp³-hybridized carbons (Fsp3) is 0.455. The summed E-state index contributed by atoms with van der Waals surface area (Å²) in [5.41, 5.74) is 4.04. The Morgan fingerprint density at radius 1 is 1.19 bits per heavy atom. The molecule has 26 heavy (non-hydrogen) atoms. The van der Waals surface area contributed by atoms with E-state index in [0.717, 1.165) is 35.5 Å². The molecule has 1 unspecified atom stereocenters. The van der Waals surface area contributed by atoms with Gasteiger partial charge in [-0.3, -0.25) is 4.79 Å². The van der Waals surface area contributed by atoms with Crippen LogP contribution in [0.3, 0.4) is 0 Å². The molecule has 0 N–H and O–H groups in total. The average molecular weight is 351 g/mol. The summed E-state index contributed by atoms with van der Waals surface area (Å²) in [5.74, 6) is 0.567. The van der Waals surface area contributed by atoms with Gasteiger partial charge in [0.15, 0.2) is 0 Å². The third kappa shape index (κ3) is 3.74. The number of hydrogen-bond donors (Lipinski definition) is 0. The summed E-state index contributed by atoms with van der Waals surface area (Å²) in [6.45, 7) is 10.5. The van der Waals surface area contributed by atoms with Crippen molar-refractivity contribution in [3.8, 4) is 5.69 Å². The first kappa shape index (κ1) is 18.4. The van der Waals surface area contributed by atoms with E-state index in [1.165, 1.54) is 0 Å². The minimum atomic E-state index is 0.111. The van der Waals surface area contributed by atoms with Gasteiger partial charge >= 0.3 is 0 Å². The highest BCUT2D eigenvalue weighted by atomic mass is 16.2. The zero-order valence-corrected chi connectivity index (χ0v) is 16.4. The minimum absolute atomic E-state index is 0.111. The van der Waals surface area contributed by atoms with Crippen LogP contribution in [-0.2, 0) is 4.79 Å². The van der Waals surface area contributed by atoms with Crippen molar-refractivity contribution in [2.24, 2.45) is 5.92 Å². The number of rotatable bonds is 6. The van der Waals surface area contributed by atoms with Gasteiger partial charge in [0, 0.05) is 29.4 Å². The molecule has 2 aromatic rings. The first-order valence-corrected chi connectivity index (χ1v) is 9.52. The van der Waals surface area contributed by atoms with Gasteiger partial charge in [0.25, 0.3) is 0 Å². The molecule has 1 aliphatic rings.